The van der Waals surface area contributed by atoms with Gasteiger partial charge in [-0.15, -0.1) is 5.10 Å². The number of carbonyl (C=O) groups excluding carboxylic acids is 1. The number of nitrogens with zero attached hydrogens (tertiary/aromatic N) is 5. The van der Waals surface area contributed by atoms with Crippen LogP contribution in [0, 0.1) is 13.8 Å². The molecule has 0 aliphatic carbocycles. The largest absolute Gasteiger partial charge is 0.346 e. The van der Waals surface area contributed by atoms with Gasteiger partial charge in [0, 0.05) is 16.6 Å². The Morgan fingerprint density at radius 1 is 1.27 bits per heavy atom. The van der Waals surface area contributed by atoms with E-state index >= 15 is 0 Å². The van der Waals surface area contributed by atoms with E-state index in [0.717, 1.165) is 27.9 Å². The minimum Gasteiger partial charge on any atom is -0.346 e. The molecule has 0 radical (unpaired) electrons. The molecule has 9 nitrogen and oxygen atoms in total. The van der Waals surface area contributed by atoms with Gasteiger partial charge in [-0.25, -0.2) is 4.68 Å². The fourth-order valence-corrected chi connectivity index (χ4v) is 2.74. The molecule has 3 aromatic heterocycles. The molecule has 1 aromatic carbocycles. The number of amides is 1. The summed E-state index contributed by atoms with van der Waals surface area (Å²) in [4.78, 5) is 12.4. The molecule has 0 saturated heterocycles. The molecule has 132 valence electrons. The van der Waals surface area contributed by atoms with Crippen LogP contribution in [0.5, 0.6) is 0 Å². The Hall–Kier alpha value is -3.49. The molecule has 4 aromatic rings. The molecule has 4 rings (SSSR count). The Morgan fingerprint density at radius 2 is 2.15 bits per heavy atom. The van der Waals surface area contributed by atoms with Gasteiger partial charge in [0.15, 0.2) is 0 Å². The van der Waals surface area contributed by atoms with Crippen molar-refractivity contribution in [3.63, 3.8) is 0 Å². The average molecular weight is 350 g/mol. The molecule has 0 fully saturated rings. The average Bonchev–Trinajstić information content (AvgIpc) is 3.35. The monoisotopic (exact) mass is 350 g/mol. The third-order valence-electron chi connectivity index (χ3n) is 4.28. The molecule has 9 heteroatoms. The van der Waals surface area contributed by atoms with Crippen LogP contribution in [-0.2, 0) is 13.1 Å². The van der Waals surface area contributed by atoms with Crippen LogP contribution in [0.15, 0.2) is 30.6 Å². The van der Waals surface area contributed by atoms with Crippen molar-refractivity contribution in [3.05, 3.63) is 58.8 Å². The van der Waals surface area contributed by atoms with Gasteiger partial charge in [0.25, 0.3) is 5.91 Å². The van der Waals surface area contributed by atoms with E-state index < -0.39 is 0 Å². The first-order chi connectivity index (χ1) is 12.6. The molecule has 0 spiro atoms. The van der Waals surface area contributed by atoms with Gasteiger partial charge in [0.2, 0.25) is 0 Å². The maximum absolute atomic E-state index is 12.4. The van der Waals surface area contributed by atoms with Crippen molar-refractivity contribution in [2.45, 2.75) is 26.9 Å². The zero-order valence-electron chi connectivity index (χ0n) is 14.4. The van der Waals surface area contributed by atoms with Crippen LogP contribution < -0.4 is 5.32 Å². The van der Waals surface area contributed by atoms with Crippen LogP contribution in [0.3, 0.4) is 0 Å². The molecule has 0 saturated carbocycles. The van der Waals surface area contributed by atoms with Crippen molar-refractivity contribution < 1.29 is 4.79 Å². The van der Waals surface area contributed by atoms with Crippen LogP contribution in [0.4, 0.5) is 0 Å². The van der Waals surface area contributed by atoms with Gasteiger partial charge in [0.05, 0.1) is 36.7 Å². The zero-order valence-corrected chi connectivity index (χ0v) is 14.4. The maximum Gasteiger partial charge on any atom is 0.251 e. The van der Waals surface area contributed by atoms with Crippen molar-refractivity contribution in [3.8, 4) is 0 Å². The van der Waals surface area contributed by atoms with E-state index in [1.807, 2.05) is 32.2 Å². The highest BCUT2D eigenvalue weighted by atomic mass is 16.1. The number of hydrogen-bond acceptors (Lipinski definition) is 5. The Morgan fingerprint density at radius 3 is 2.96 bits per heavy atom. The first kappa shape index (κ1) is 16.0. The van der Waals surface area contributed by atoms with Gasteiger partial charge in [-0.3, -0.25) is 15.0 Å². The molecular formula is C17H18N8O. The van der Waals surface area contributed by atoms with Gasteiger partial charge in [0.1, 0.15) is 5.69 Å². The highest BCUT2D eigenvalue weighted by molar-refractivity contribution is 5.98. The highest BCUT2D eigenvalue weighted by Gasteiger charge is 2.10. The van der Waals surface area contributed by atoms with Crippen molar-refractivity contribution in [2.75, 3.05) is 0 Å². The predicted molar refractivity (Wildman–Crippen MR) is 94.4 cm³/mol. The Kier molecular flexibility index (Phi) is 3.96. The molecule has 26 heavy (non-hydrogen) atoms. The summed E-state index contributed by atoms with van der Waals surface area (Å²) in [6.07, 6.45) is 3.58. The SMILES string of the molecule is Cc1cn[nH]c1Cn1cc(CNC(=O)c2ccc3n[nH]c(C)c3c2)nn1. The molecule has 0 aliphatic rings. The van der Waals surface area contributed by atoms with Crippen LogP contribution in [0.1, 0.15) is 33.0 Å². The normalized spacial score (nSPS) is 11.2. The second kappa shape index (κ2) is 6.43. The minimum atomic E-state index is -0.161. The molecule has 3 N–H and O–H groups in total. The van der Waals surface area contributed by atoms with Gasteiger partial charge in [-0.2, -0.15) is 10.2 Å². The fourth-order valence-electron chi connectivity index (χ4n) is 2.74. The number of fused-ring (bicyclic) bond motifs is 1. The number of rotatable bonds is 5. The summed E-state index contributed by atoms with van der Waals surface area (Å²) in [5.41, 5.74) is 5.11. The summed E-state index contributed by atoms with van der Waals surface area (Å²) in [6.45, 7) is 4.78. The summed E-state index contributed by atoms with van der Waals surface area (Å²) < 4.78 is 1.71. The lowest BCUT2D eigenvalue weighted by Gasteiger charge is -2.03. The second-order valence-electron chi connectivity index (χ2n) is 6.20. The van der Waals surface area contributed by atoms with Crippen LogP contribution >= 0.6 is 0 Å². The summed E-state index contributed by atoms with van der Waals surface area (Å²) in [7, 11) is 0. The van der Waals surface area contributed by atoms with E-state index in [9.17, 15) is 4.79 Å². The van der Waals surface area contributed by atoms with E-state index in [1.54, 1.807) is 16.9 Å². The standard InChI is InChI=1S/C17H18N8O/c1-10-6-19-22-16(10)9-25-8-13(21-24-25)7-18-17(26)12-3-4-15-14(5-12)11(2)20-23-15/h3-6,8H,7,9H2,1-2H3,(H,18,26)(H,19,22)(H,20,23). The lowest BCUT2D eigenvalue weighted by molar-refractivity contribution is 0.0950. The maximum atomic E-state index is 12.4. The summed E-state index contributed by atoms with van der Waals surface area (Å²) in [6, 6.07) is 5.42. The number of aromatic nitrogens is 7. The lowest BCUT2D eigenvalue weighted by atomic mass is 10.1. The predicted octanol–water partition coefficient (Wildman–Crippen LogP) is 1.47. The van der Waals surface area contributed by atoms with E-state index in [0.29, 0.717) is 24.3 Å². The van der Waals surface area contributed by atoms with E-state index in [1.165, 1.54) is 0 Å². The van der Waals surface area contributed by atoms with Crippen LogP contribution in [-0.4, -0.2) is 41.3 Å². The molecule has 0 bridgehead atoms. The first-order valence-electron chi connectivity index (χ1n) is 8.21. The van der Waals surface area contributed by atoms with Crippen molar-refractivity contribution in [2.24, 2.45) is 0 Å². The van der Waals surface area contributed by atoms with Gasteiger partial charge >= 0.3 is 0 Å². The number of aromatic amines is 2. The molecule has 3 heterocycles. The van der Waals surface area contributed by atoms with Gasteiger partial charge < -0.3 is 5.32 Å². The van der Waals surface area contributed by atoms with Crippen molar-refractivity contribution in [1.29, 1.82) is 0 Å². The van der Waals surface area contributed by atoms with Gasteiger partial charge in [-0.05, 0) is 37.6 Å². The Bertz CT molecular complexity index is 1070. The van der Waals surface area contributed by atoms with Gasteiger partial charge in [-0.1, -0.05) is 5.21 Å². The quantitative estimate of drug-likeness (QED) is 0.504. The summed E-state index contributed by atoms with van der Waals surface area (Å²) in [5, 5.41) is 26.0. The van der Waals surface area contributed by atoms with Crippen molar-refractivity contribution in [1.82, 2.24) is 40.7 Å². The molecule has 0 aliphatic heterocycles. The smallest absolute Gasteiger partial charge is 0.251 e. The second-order valence-corrected chi connectivity index (χ2v) is 6.20. The zero-order chi connectivity index (χ0) is 18.1. The number of benzene rings is 1. The van der Waals surface area contributed by atoms with Crippen LogP contribution in [0.25, 0.3) is 10.9 Å². The molecule has 0 atom stereocenters. The Labute approximate surface area is 148 Å². The third-order valence-corrected chi connectivity index (χ3v) is 4.28. The number of carbonyl (C=O) groups is 1. The summed E-state index contributed by atoms with van der Waals surface area (Å²) >= 11 is 0. The number of aryl methyl sites for hydroxylation is 2. The topological polar surface area (TPSA) is 117 Å². The van der Waals surface area contributed by atoms with Crippen molar-refractivity contribution >= 4 is 16.8 Å². The van der Waals surface area contributed by atoms with Crippen LogP contribution in [0.2, 0.25) is 0 Å². The highest BCUT2D eigenvalue weighted by Crippen LogP contribution is 2.17. The van der Waals surface area contributed by atoms with E-state index in [2.05, 4.69) is 36.0 Å². The molecular weight excluding hydrogens is 332 g/mol. The van der Waals surface area contributed by atoms with E-state index in [4.69, 9.17) is 0 Å². The number of H-pyrrole nitrogens is 2. The molecule has 0 unspecified atom stereocenters. The minimum absolute atomic E-state index is 0.161. The fraction of sp³-hybridized carbons (Fsp3) is 0.235. The first-order valence-corrected chi connectivity index (χ1v) is 8.21. The summed E-state index contributed by atoms with van der Waals surface area (Å²) in [5.74, 6) is -0.161. The van der Waals surface area contributed by atoms with E-state index in [-0.39, 0.29) is 5.91 Å². The number of hydrogen-bond donors (Lipinski definition) is 3. The molecule has 1 amide bonds. The Balaban J connectivity index is 1.41. The third kappa shape index (κ3) is 3.06. The lowest BCUT2D eigenvalue weighted by Crippen LogP contribution is -2.22. The number of nitrogens with one attached hydrogen (secondary N) is 3.